The minimum absolute atomic E-state index is 0.238. The molecule has 3 rings (SSSR count). The summed E-state index contributed by atoms with van der Waals surface area (Å²) < 4.78 is 27.3. The normalized spacial score (nSPS) is 12.0. The molecule has 164 valence electrons. The second kappa shape index (κ2) is 10.2. The van der Waals surface area contributed by atoms with Crippen molar-refractivity contribution in [1.29, 1.82) is 0 Å². The van der Waals surface area contributed by atoms with Gasteiger partial charge in [0.25, 0.3) is 0 Å². The van der Waals surface area contributed by atoms with Crippen molar-refractivity contribution in [2.75, 3.05) is 27.2 Å². The average Bonchev–Trinajstić information content (AvgIpc) is 3.23. The van der Waals surface area contributed by atoms with Gasteiger partial charge >= 0.3 is 0 Å². The monoisotopic (exact) mass is 440 g/mol. The third kappa shape index (κ3) is 6.16. The van der Waals surface area contributed by atoms with Gasteiger partial charge in [-0.05, 0) is 24.6 Å². The Labute approximate surface area is 183 Å². The van der Waals surface area contributed by atoms with Gasteiger partial charge in [-0.3, -0.25) is 4.99 Å². The minimum atomic E-state index is -3.53. The lowest BCUT2D eigenvalue weighted by Crippen LogP contribution is -2.42. The topological polar surface area (TPSA) is 102 Å². The van der Waals surface area contributed by atoms with E-state index in [9.17, 15) is 8.42 Å². The van der Waals surface area contributed by atoms with Gasteiger partial charge in [-0.2, -0.15) is 0 Å². The number of benzene rings is 2. The fourth-order valence-corrected chi connectivity index (χ4v) is 4.08. The van der Waals surface area contributed by atoms with E-state index in [0.29, 0.717) is 19.0 Å². The standard InChI is InChI=1S/C22H28N6O2S/c1-17-9-11-19(12-10-17)31(29,30)26-14-13-24-22(23-2)28(3)16-21-25-15-20(27-21)18-7-5-4-6-8-18/h4-12,15,26H,13-14,16H2,1-3H3,(H,23,24)(H,25,27). The highest BCUT2D eigenvalue weighted by Crippen LogP contribution is 2.16. The van der Waals surface area contributed by atoms with E-state index in [4.69, 9.17) is 0 Å². The number of aromatic amines is 1. The van der Waals surface area contributed by atoms with Gasteiger partial charge in [-0.15, -0.1) is 0 Å². The lowest BCUT2D eigenvalue weighted by Gasteiger charge is -2.21. The van der Waals surface area contributed by atoms with E-state index >= 15 is 0 Å². The summed E-state index contributed by atoms with van der Waals surface area (Å²) in [6, 6.07) is 16.8. The first kappa shape index (κ1) is 22.5. The molecular weight excluding hydrogens is 412 g/mol. The second-order valence-corrected chi connectivity index (χ2v) is 8.92. The number of aromatic nitrogens is 2. The van der Waals surface area contributed by atoms with Crippen LogP contribution in [0.2, 0.25) is 0 Å². The Hall–Kier alpha value is -3.17. The van der Waals surface area contributed by atoms with Crippen LogP contribution in [0.15, 0.2) is 70.7 Å². The number of guanidine groups is 1. The summed E-state index contributed by atoms with van der Waals surface area (Å²) in [5, 5.41) is 3.17. The molecule has 9 heteroatoms. The molecule has 0 radical (unpaired) electrons. The summed E-state index contributed by atoms with van der Waals surface area (Å²) in [4.78, 5) is 14.2. The Kier molecular flexibility index (Phi) is 7.43. The number of nitrogens with one attached hydrogen (secondary N) is 3. The zero-order chi connectivity index (χ0) is 22.3. The number of H-pyrrole nitrogens is 1. The lowest BCUT2D eigenvalue weighted by molar-refractivity contribution is 0.464. The molecule has 0 aliphatic rings. The van der Waals surface area contributed by atoms with Crippen LogP contribution in [-0.4, -0.2) is 56.4 Å². The largest absolute Gasteiger partial charge is 0.355 e. The number of hydrogen-bond donors (Lipinski definition) is 3. The summed E-state index contributed by atoms with van der Waals surface area (Å²) in [6.07, 6.45) is 1.81. The van der Waals surface area contributed by atoms with E-state index in [0.717, 1.165) is 22.6 Å². The first-order valence-electron chi connectivity index (χ1n) is 9.96. The smallest absolute Gasteiger partial charge is 0.240 e. The molecule has 0 aliphatic heterocycles. The zero-order valence-corrected chi connectivity index (χ0v) is 18.8. The van der Waals surface area contributed by atoms with Gasteiger partial charge in [0, 0.05) is 27.2 Å². The molecule has 1 heterocycles. The van der Waals surface area contributed by atoms with Gasteiger partial charge in [0.05, 0.1) is 23.3 Å². The number of aliphatic imine (C=N–C) groups is 1. The van der Waals surface area contributed by atoms with E-state index in [1.165, 1.54) is 0 Å². The number of sulfonamides is 1. The fraction of sp³-hybridized carbons (Fsp3) is 0.273. The highest BCUT2D eigenvalue weighted by Gasteiger charge is 2.14. The molecule has 0 saturated heterocycles. The molecule has 0 saturated carbocycles. The van der Waals surface area contributed by atoms with Crippen LogP contribution in [0, 0.1) is 6.92 Å². The van der Waals surface area contributed by atoms with Crippen LogP contribution in [0.4, 0.5) is 0 Å². The van der Waals surface area contributed by atoms with Crippen LogP contribution in [-0.2, 0) is 16.6 Å². The fourth-order valence-electron chi connectivity index (χ4n) is 3.05. The molecule has 3 N–H and O–H groups in total. The highest BCUT2D eigenvalue weighted by atomic mass is 32.2. The molecular formula is C22H28N6O2S. The van der Waals surface area contributed by atoms with E-state index in [2.05, 4.69) is 25.0 Å². The predicted octanol–water partition coefficient (Wildman–Crippen LogP) is 2.37. The Balaban J connectivity index is 1.50. The van der Waals surface area contributed by atoms with Gasteiger partial charge in [0.2, 0.25) is 10.0 Å². The van der Waals surface area contributed by atoms with Gasteiger partial charge in [-0.25, -0.2) is 18.1 Å². The molecule has 8 nitrogen and oxygen atoms in total. The molecule has 2 aromatic carbocycles. The maximum absolute atomic E-state index is 12.4. The highest BCUT2D eigenvalue weighted by molar-refractivity contribution is 7.89. The van der Waals surface area contributed by atoms with Crippen molar-refractivity contribution in [3.05, 3.63) is 72.2 Å². The summed E-state index contributed by atoms with van der Waals surface area (Å²) in [5.41, 5.74) is 3.05. The predicted molar refractivity (Wildman–Crippen MR) is 123 cm³/mol. The Morgan fingerprint density at radius 2 is 1.81 bits per heavy atom. The molecule has 0 aliphatic carbocycles. The quantitative estimate of drug-likeness (QED) is 0.284. The molecule has 0 atom stereocenters. The third-order valence-electron chi connectivity index (χ3n) is 4.71. The van der Waals surface area contributed by atoms with Crippen LogP contribution in [0.25, 0.3) is 11.3 Å². The number of nitrogens with zero attached hydrogens (tertiary/aromatic N) is 3. The molecule has 3 aromatic rings. The van der Waals surface area contributed by atoms with Crippen LogP contribution in [0.1, 0.15) is 11.4 Å². The SMILES string of the molecule is CN=C(NCCNS(=O)(=O)c1ccc(C)cc1)N(C)Cc1ncc(-c2ccccc2)[nH]1. The van der Waals surface area contributed by atoms with Crippen LogP contribution < -0.4 is 10.0 Å². The molecule has 0 unspecified atom stereocenters. The number of rotatable bonds is 8. The molecule has 0 bridgehead atoms. The molecule has 0 spiro atoms. The van der Waals surface area contributed by atoms with E-state index in [-0.39, 0.29) is 11.4 Å². The Morgan fingerprint density at radius 1 is 1.10 bits per heavy atom. The Morgan fingerprint density at radius 3 is 2.48 bits per heavy atom. The van der Waals surface area contributed by atoms with Crippen LogP contribution >= 0.6 is 0 Å². The van der Waals surface area contributed by atoms with Crippen LogP contribution in [0.5, 0.6) is 0 Å². The maximum Gasteiger partial charge on any atom is 0.240 e. The Bertz CT molecular complexity index is 1110. The van der Waals surface area contributed by atoms with Crippen molar-refractivity contribution in [3.63, 3.8) is 0 Å². The zero-order valence-electron chi connectivity index (χ0n) is 18.0. The van der Waals surface area contributed by atoms with Crippen molar-refractivity contribution in [1.82, 2.24) is 24.9 Å². The molecule has 0 fully saturated rings. The van der Waals surface area contributed by atoms with Crippen molar-refractivity contribution in [3.8, 4) is 11.3 Å². The van der Waals surface area contributed by atoms with Crippen molar-refractivity contribution in [2.45, 2.75) is 18.4 Å². The first-order valence-corrected chi connectivity index (χ1v) is 11.4. The third-order valence-corrected chi connectivity index (χ3v) is 6.18. The molecule has 1 aromatic heterocycles. The number of aryl methyl sites for hydroxylation is 1. The van der Waals surface area contributed by atoms with Crippen molar-refractivity contribution < 1.29 is 8.42 Å². The van der Waals surface area contributed by atoms with E-state index in [1.807, 2.05) is 55.4 Å². The molecule has 0 amide bonds. The van der Waals surface area contributed by atoms with E-state index < -0.39 is 10.0 Å². The first-order chi connectivity index (χ1) is 14.9. The van der Waals surface area contributed by atoms with Crippen molar-refractivity contribution in [2.24, 2.45) is 4.99 Å². The van der Waals surface area contributed by atoms with Crippen molar-refractivity contribution >= 4 is 16.0 Å². The number of hydrogen-bond acceptors (Lipinski definition) is 4. The summed E-state index contributed by atoms with van der Waals surface area (Å²) in [5.74, 6) is 1.46. The van der Waals surface area contributed by atoms with Gasteiger partial charge in [0.15, 0.2) is 5.96 Å². The summed E-state index contributed by atoms with van der Waals surface area (Å²) >= 11 is 0. The van der Waals surface area contributed by atoms with Gasteiger partial charge in [0.1, 0.15) is 5.82 Å². The lowest BCUT2D eigenvalue weighted by atomic mass is 10.2. The van der Waals surface area contributed by atoms with Crippen LogP contribution in [0.3, 0.4) is 0 Å². The summed E-state index contributed by atoms with van der Waals surface area (Å²) in [7, 11) is 0.0541. The number of imidazole rings is 1. The minimum Gasteiger partial charge on any atom is -0.355 e. The summed E-state index contributed by atoms with van der Waals surface area (Å²) in [6.45, 7) is 3.08. The maximum atomic E-state index is 12.4. The molecule has 31 heavy (non-hydrogen) atoms. The average molecular weight is 441 g/mol. The van der Waals surface area contributed by atoms with Gasteiger partial charge < -0.3 is 15.2 Å². The van der Waals surface area contributed by atoms with E-state index in [1.54, 1.807) is 31.3 Å². The second-order valence-electron chi connectivity index (χ2n) is 7.15. The van der Waals surface area contributed by atoms with Gasteiger partial charge in [-0.1, -0.05) is 48.0 Å².